The third-order valence-electron chi connectivity index (χ3n) is 4.09. The number of aromatic nitrogens is 1. The molecule has 26 heavy (non-hydrogen) atoms. The number of rotatable bonds is 8. The zero-order valence-corrected chi connectivity index (χ0v) is 15.4. The quantitative estimate of drug-likeness (QED) is 0.571. The van der Waals surface area contributed by atoms with Crippen LogP contribution in [0.25, 0.3) is 10.9 Å². The maximum absolute atomic E-state index is 12.6. The molecule has 2 atom stereocenters. The topological polar surface area (TPSA) is 103 Å². The molecule has 1 heterocycles. The van der Waals surface area contributed by atoms with Crippen molar-refractivity contribution in [3.63, 3.8) is 0 Å². The molecule has 0 saturated heterocycles. The fourth-order valence-electron chi connectivity index (χ4n) is 2.76. The summed E-state index contributed by atoms with van der Waals surface area (Å²) in [5, 5.41) is 9.10. The largest absolute Gasteiger partial charge is 0.361 e. The Morgan fingerprint density at radius 3 is 2.54 bits per heavy atom. The van der Waals surface area contributed by atoms with Gasteiger partial charge in [0.15, 0.2) is 0 Å². The molecule has 0 fully saturated rings. The van der Waals surface area contributed by atoms with E-state index in [1.807, 2.05) is 37.4 Å². The molecule has 0 bridgehead atoms. The second kappa shape index (κ2) is 9.03. The van der Waals surface area contributed by atoms with Crippen molar-refractivity contribution in [1.29, 1.82) is 0 Å². The van der Waals surface area contributed by atoms with E-state index in [1.165, 1.54) is 6.92 Å². The van der Waals surface area contributed by atoms with Crippen molar-refractivity contribution in [2.24, 2.45) is 0 Å². The van der Waals surface area contributed by atoms with Crippen LogP contribution in [0.15, 0.2) is 30.5 Å². The van der Waals surface area contributed by atoms with Crippen LogP contribution >= 0.6 is 0 Å². The lowest BCUT2D eigenvalue weighted by Gasteiger charge is -2.20. The first-order chi connectivity index (χ1) is 12.4. The molecule has 0 aliphatic carbocycles. The molecule has 7 nitrogen and oxygen atoms in total. The molecule has 0 radical (unpaired) electrons. The highest BCUT2D eigenvalue weighted by Gasteiger charge is 2.24. The van der Waals surface area contributed by atoms with E-state index in [9.17, 15) is 14.4 Å². The van der Waals surface area contributed by atoms with Crippen molar-refractivity contribution in [1.82, 2.24) is 20.9 Å². The van der Waals surface area contributed by atoms with Crippen LogP contribution < -0.4 is 16.0 Å². The van der Waals surface area contributed by atoms with Gasteiger partial charge in [0, 0.05) is 37.0 Å². The van der Waals surface area contributed by atoms with Gasteiger partial charge in [-0.05, 0) is 25.0 Å². The Bertz CT molecular complexity index is 784. The minimum Gasteiger partial charge on any atom is -0.361 e. The molecule has 7 heteroatoms. The Kier molecular flexibility index (Phi) is 6.77. The monoisotopic (exact) mass is 358 g/mol. The minimum absolute atomic E-state index is 0.242. The molecular formula is C19H26N4O3. The van der Waals surface area contributed by atoms with Crippen LogP contribution in [0.5, 0.6) is 0 Å². The molecular weight excluding hydrogens is 332 g/mol. The third-order valence-corrected chi connectivity index (χ3v) is 4.09. The molecule has 140 valence electrons. The predicted octanol–water partition coefficient (Wildman–Crippen LogP) is 1.25. The standard InChI is InChI=1S/C19H26N4O3/c1-4-9-20-18(25)12(2)22-19(26)17(23-13(3)24)10-14-11-21-16-8-6-5-7-15(14)16/h5-8,11-12,17,21H,4,9-10H2,1-3H3,(H,20,25)(H,22,26)(H,23,24)/t12-,17-/m0/s1. The normalized spacial score (nSPS) is 13.0. The molecule has 0 unspecified atom stereocenters. The zero-order chi connectivity index (χ0) is 19.1. The van der Waals surface area contributed by atoms with E-state index in [-0.39, 0.29) is 17.7 Å². The summed E-state index contributed by atoms with van der Waals surface area (Å²) in [7, 11) is 0. The Morgan fingerprint density at radius 1 is 1.12 bits per heavy atom. The first kappa shape index (κ1) is 19.5. The summed E-state index contributed by atoms with van der Waals surface area (Å²) in [6.45, 7) is 5.51. The van der Waals surface area contributed by atoms with Gasteiger partial charge in [-0.1, -0.05) is 25.1 Å². The summed E-state index contributed by atoms with van der Waals surface area (Å²) in [6, 6.07) is 6.34. The summed E-state index contributed by atoms with van der Waals surface area (Å²) >= 11 is 0. The maximum Gasteiger partial charge on any atom is 0.243 e. The summed E-state index contributed by atoms with van der Waals surface area (Å²) in [5.41, 5.74) is 1.90. The Hall–Kier alpha value is -2.83. The predicted molar refractivity (Wildman–Crippen MR) is 101 cm³/mol. The Morgan fingerprint density at radius 2 is 1.85 bits per heavy atom. The van der Waals surface area contributed by atoms with Gasteiger partial charge in [-0.15, -0.1) is 0 Å². The fraction of sp³-hybridized carbons (Fsp3) is 0.421. The number of amides is 3. The van der Waals surface area contributed by atoms with E-state index >= 15 is 0 Å². The number of fused-ring (bicyclic) bond motifs is 1. The highest BCUT2D eigenvalue weighted by atomic mass is 16.2. The van der Waals surface area contributed by atoms with Gasteiger partial charge in [0.2, 0.25) is 17.7 Å². The number of hydrogen-bond donors (Lipinski definition) is 4. The highest BCUT2D eigenvalue weighted by molar-refractivity contribution is 5.92. The molecule has 0 spiro atoms. The molecule has 2 aromatic rings. The average molecular weight is 358 g/mol. The number of aromatic amines is 1. The number of benzene rings is 1. The molecule has 3 amide bonds. The van der Waals surface area contributed by atoms with E-state index in [2.05, 4.69) is 20.9 Å². The van der Waals surface area contributed by atoms with Crippen molar-refractivity contribution in [2.75, 3.05) is 6.54 Å². The van der Waals surface area contributed by atoms with Crippen LogP contribution in [0.4, 0.5) is 0 Å². The van der Waals surface area contributed by atoms with Gasteiger partial charge in [0.25, 0.3) is 0 Å². The second-order valence-corrected chi connectivity index (χ2v) is 6.34. The first-order valence-electron chi connectivity index (χ1n) is 8.82. The van der Waals surface area contributed by atoms with E-state index in [0.717, 1.165) is 22.9 Å². The van der Waals surface area contributed by atoms with E-state index in [1.54, 1.807) is 6.92 Å². The number of hydrogen-bond acceptors (Lipinski definition) is 3. The van der Waals surface area contributed by atoms with Gasteiger partial charge in [-0.3, -0.25) is 14.4 Å². The molecule has 1 aromatic heterocycles. The minimum atomic E-state index is -0.756. The lowest BCUT2D eigenvalue weighted by molar-refractivity contribution is -0.131. The van der Waals surface area contributed by atoms with Crippen molar-refractivity contribution >= 4 is 28.6 Å². The summed E-state index contributed by atoms with van der Waals surface area (Å²) in [6.07, 6.45) is 2.99. The van der Waals surface area contributed by atoms with Gasteiger partial charge >= 0.3 is 0 Å². The zero-order valence-electron chi connectivity index (χ0n) is 15.4. The number of carbonyl (C=O) groups excluding carboxylic acids is 3. The van der Waals surface area contributed by atoms with E-state index in [4.69, 9.17) is 0 Å². The highest BCUT2D eigenvalue weighted by Crippen LogP contribution is 2.19. The van der Waals surface area contributed by atoms with Crippen LogP contribution in [-0.2, 0) is 20.8 Å². The van der Waals surface area contributed by atoms with Gasteiger partial charge in [0.05, 0.1) is 0 Å². The van der Waals surface area contributed by atoms with Crippen LogP contribution in [-0.4, -0.2) is 41.3 Å². The molecule has 4 N–H and O–H groups in total. The molecule has 2 rings (SSSR count). The molecule has 0 saturated carbocycles. The lowest BCUT2D eigenvalue weighted by atomic mass is 10.0. The van der Waals surface area contributed by atoms with Gasteiger partial charge < -0.3 is 20.9 Å². The van der Waals surface area contributed by atoms with Gasteiger partial charge in [0.1, 0.15) is 12.1 Å². The molecule has 1 aromatic carbocycles. The van der Waals surface area contributed by atoms with Crippen LogP contribution in [0.3, 0.4) is 0 Å². The lowest BCUT2D eigenvalue weighted by Crippen LogP contribution is -2.53. The van der Waals surface area contributed by atoms with Crippen LogP contribution in [0.2, 0.25) is 0 Å². The van der Waals surface area contributed by atoms with Gasteiger partial charge in [-0.2, -0.15) is 0 Å². The molecule has 0 aliphatic rings. The fourth-order valence-corrected chi connectivity index (χ4v) is 2.76. The first-order valence-corrected chi connectivity index (χ1v) is 8.82. The summed E-state index contributed by atoms with van der Waals surface area (Å²) in [4.78, 5) is 39.3. The van der Waals surface area contributed by atoms with E-state index < -0.39 is 12.1 Å². The number of carbonyl (C=O) groups is 3. The van der Waals surface area contributed by atoms with Crippen molar-refractivity contribution in [3.05, 3.63) is 36.0 Å². The van der Waals surface area contributed by atoms with E-state index in [0.29, 0.717) is 13.0 Å². The van der Waals surface area contributed by atoms with Crippen LogP contribution in [0.1, 0.15) is 32.8 Å². The Labute approximate surface area is 152 Å². The van der Waals surface area contributed by atoms with Crippen molar-refractivity contribution < 1.29 is 14.4 Å². The third kappa shape index (κ3) is 5.08. The van der Waals surface area contributed by atoms with Gasteiger partial charge in [-0.25, -0.2) is 0 Å². The molecule has 0 aliphatic heterocycles. The SMILES string of the molecule is CCCNC(=O)[C@H](C)NC(=O)[C@H](Cc1c[nH]c2ccccc12)NC(C)=O. The number of para-hydroxylation sites is 1. The number of H-pyrrole nitrogens is 1. The Balaban J connectivity index is 2.09. The number of nitrogens with one attached hydrogen (secondary N) is 4. The smallest absolute Gasteiger partial charge is 0.243 e. The van der Waals surface area contributed by atoms with Crippen molar-refractivity contribution in [2.45, 2.75) is 45.7 Å². The van der Waals surface area contributed by atoms with Crippen molar-refractivity contribution in [3.8, 4) is 0 Å². The summed E-state index contributed by atoms with van der Waals surface area (Å²) < 4.78 is 0. The second-order valence-electron chi connectivity index (χ2n) is 6.34. The summed E-state index contributed by atoms with van der Waals surface area (Å²) in [5.74, 6) is -0.924. The maximum atomic E-state index is 12.6. The van der Waals surface area contributed by atoms with Crippen LogP contribution in [0, 0.1) is 0 Å². The average Bonchev–Trinajstić information content (AvgIpc) is 3.01.